The second-order valence-electron chi connectivity index (χ2n) is 4.54. The van der Waals surface area contributed by atoms with Crippen molar-refractivity contribution in [2.45, 2.75) is 24.7 Å². The lowest BCUT2D eigenvalue weighted by molar-refractivity contribution is -0.130. The highest BCUT2D eigenvalue weighted by Gasteiger charge is 2.46. The minimum Gasteiger partial charge on any atom is -0.395 e. The molecule has 1 aliphatic rings. The number of halogens is 2. The van der Waals surface area contributed by atoms with Gasteiger partial charge in [-0.3, -0.25) is 4.79 Å². The molecule has 0 spiro atoms. The molecule has 0 bridgehead atoms. The summed E-state index contributed by atoms with van der Waals surface area (Å²) in [5, 5.41) is 12.6. The van der Waals surface area contributed by atoms with Crippen molar-refractivity contribution in [3.05, 3.63) is 33.8 Å². The summed E-state index contributed by atoms with van der Waals surface area (Å²) in [6.45, 7) is 0.210. The Hall–Kier alpha value is -0.770. The van der Waals surface area contributed by atoms with Crippen molar-refractivity contribution in [2.24, 2.45) is 0 Å². The van der Waals surface area contributed by atoms with Gasteiger partial charge >= 0.3 is 0 Å². The van der Waals surface area contributed by atoms with E-state index in [4.69, 9.17) is 28.3 Å². The summed E-state index contributed by atoms with van der Waals surface area (Å²) in [4.78, 5) is 12.2. The molecule has 2 rings (SSSR count). The Morgan fingerprint density at radius 2 is 2.11 bits per heavy atom. The molecule has 98 valence electrons. The smallest absolute Gasteiger partial charge is 0.230 e. The van der Waals surface area contributed by atoms with E-state index in [9.17, 15) is 4.79 Å². The van der Waals surface area contributed by atoms with Gasteiger partial charge in [-0.05, 0) is 30.5 Å². The largest absolute Gasteiger partial charge is 0.395 e. The summed E-state index contributed by atoms with van der Waals surface area (Å²) >= 11 is 12.1. The van der Waals surface area contributed by atoms with Gasteiger partial charge in [0.2, 0.25) is 5.91 Å². The molecular weight excluding hydrogens is 273 g/mol. The fourth-order valence-electron chi connectivity index (χ4n) is 2.37. The standard InChI is InChI=1S/C13H15Cl2NO2/c14-9-2-3-10(11(15)8-9)13(4-1-5-13)12(18)16-6-7-17/h2-3,8,17H,1,4-7H2,(H,16,18). The molecule has 18 heavy (non-hydrogen) atoms. The number of hydrogen-bond donors (Lipinski definition) is 2. The maximum atomic E-state index is 12.2. The number of nitrogens with one attached hydrogen (secondary N) is 1. The third-order valence-electron chi connectivity index (χ3n) is 3.49. The average molecular weight is 288 g/mol. The number of amides is 1. The van der Waals surface area contributed by atoms with Gasteiger partial charge in [0.05, 0.1) is 12.0 Å². The van der Waals surface area contributed by atoms with Crippen LogP contribution in [0.15, 0.2) is 18.2 Å². The van der Waals surface area contributed by atoms with E-state index in [1.807, 2.05) is 6.07 Å². The van der Waals surface area contributed by atoms with Crippen LogP contribution in [0.2, 0.25) is 10.0 Å². The van der Waals surface area contributed by atoms with Crippen LogP contribution >= 0.6 is 23.2 Å². The lowest BCUT2D eigenvalue weighted by atomic mass is 9.63. The van der Waals surface area contributed by atoms with E-state index in [2.05, 4.69) is 5.32 Å². The Morgan fingerprint density at radius 3 is 2.61 bits per heavy atom. The Bertz CT molecular complexity index is 458. The molecule has 0 atom stereocenters. The molecule has 1 aliphatic carbocycles. The van der Waals surface area contributed by atoms with E-state index >= 15 is 0 Å². The van der Waals surface area contributed by atoms with Gasteiger partial charge in [0.15, 0.2) is 0 Å². The van der Waals surface area contributed by atoms with Crippen LogP contribution in [-0.2, 0) is 10.2 Å². The number of benzene rings is 1. The topological polar surface area (TPSA) is 49.3 Å². The molecule has 0 saturated heterocycles. The van der Waals surface area contributed by atoms with E-state index in [1.54, 1.807) is 12.1 Å². The van der Waals surface area contributed by atoms with Gasteiger partial charge in [0, 0.05) is 16.6 Å². The van der Waals surface area contributed by atoms with Gasteiger partial charge in [-0.25, -0.2) is 0 Å². The van der Waals surface area contributed by atoms with Crippen LogP contribution in [0, 0.1) is 0 Å². The fraction of sp³-hybridized carbons (Fsp3) is 0.462. The number of hydrogen-bond acceptors (Lipinski definition) is 2. The summed E-state index contributed by atoms with van der Waals surface area (Å²) in [6, 6.07) is 5.24. The molecule has 1 fully saturated rings. The quantitative estimate of drug-likeness (QED) is 0.894. The van der Waals surface area contributed by atoms with Crippen LogP contribution in [0.4, 0.5) is 0 Å². The van der Waals surface area contributed by atoms with Crippen molar-refractivity contribution in [1.82, 2.24) is 5.32 Å². The van der Waals surface area contributed by atoms with Crippen molar-refractivity contribution in [3.8, 4) is 0 Å². The average Bonchev–Trinajstić information content (AvgIpc) is 2.27. The zero-order valence-corrected chi connectivity index (χ0v) is 11.4. The summed E-state index contributed by atoms with van der Waals surface area (Å²) in [5.41, 5.74) is 0.284. The van der Waals surface area contributed by atoms with Crippen LogP contribution in [0.3, 0.4) is 0 Å². The van der Waals surface area contributed by atoms with Crippen LogP contribution in [-0.4, -0.2) is 24.2 Å². The highest BCUT2D eigenvalue weighted by molar-refractivity contribution is 6.35. The summed E-state index contributed by atoms with van der Waals surface area (Å²) in [5.74, 6) is -0.0629. The zero-order valence-electron chi connectivity index (χ0n) is 9.88. The number of carbonyl (C=O) groups is 1. The first-order chi connectivity index (χ1) is 8.60. The van der Waals surface area contributed by atoms with Gasteiger partial charge in [0.25, 0.3) is 0 Å². The highest BCUT2D eigenvalue weighted by atomic mass is 35.5. The minimum atomic E-state index is -0.545. The number of aliphatic hydroxyl groups is 1. The summed E-state index contributed by atoms with van der Waals surface area (Å²) < 4.78 is 0. The lowest BCUT2D eigenvalue weighted by Gasteiger charge is -2.41. The van der Waals surface area contributed by atoms with E-state index < -0.39 is 5.41 Å². The molecule has 0 aliphatic heterocycles. The Morgan fingerprint density at radius 1 is 1.39 bits per heavy atom. The Labute approximate surface area is 116 Å². The summed E-state index contributed by atoms with van der Waals surface area (Å²) in [7, 11) is 0. The molecule has 1 saturated carbocycles. The Balaban J connectivity index is 2.29. The normalized spacial score (nSPS) is 17.1. The van der Waals surface area contributed by atoms with Gasteiger partial charge in [0.1, 0.15) is 0 Å². The third kappa shape index (κ3) is 2.35. The first kappa shape index (κ1) is 13.7. The van der Waals surface area contributed by atoms with Gasteiger partial charge in [-0.2, -0.15) is 0 Å². The monoisotopic (exact) mass is 287 g/mol. The first-order valence-electron chi connectivity index (χ1n) is 5.95. The van der Waals surface area contributed by atoms with E-state index in [-0.39, 0.29) is 19.1 Å². The predicted molar refractivity (Wildman–Crippen MR) is 72.1 cm³/mol. The van der Waals surface area contributed by atoms with E-state index in [0.29, 0.717) is 10.0 Å². The molecule has 3 nitrogen and oxygen atoms in total. The van der Waals surface area contributed by atoms with Crippen molar-refractivity contribution < 1.29 is 9.90 Å². The van der Waals surface area contributed by atoms with Crippen LogP contribution in [0.25, 0.3) is 0 Å². The maximum Gasteiger partial charge on any atom is 0.230 e. The molecule has 5 heteroatoms. The Kier molecular flexibility index (Phi) is 4.15. The molecule has 0 aromatic heterocycles. The molecule has 1 aromatic rings. The van der Waals surface area contributed by atoms with Gasteiger partial charge in [-0.15, -0.1) is 0 Å². The highest BCUT2D eigenvalue weighted by Crippen LogP contribution is 2.46. The van der Waals surface area contributed by atoms with Crippen LogP contribution < -0.4 is 5.32 Å². The number of carbonyl (C=O) groups excluding carboxylic acids is 1. The van der Waals surface area contributed by atoms with E-state index in [0.717, 1.165) is 24.8 Å². The van der Waals surface area contributed by atoms with Crippen molar-refractivity contribution in [2.75, 3.05) is 13.2 Å². The second-order valence-corrected chi connectivity index (χ2v) is 5.38. The van der Waals surface area contributed by atoms with Crippen molar-refractivity contribution >= 4 is 29.1 Å². The first-order valence-corrected chi connectivity index (χ1v) is 6.70. The molecule has 1 amide bonds. The third-order valence-corrected chi connectivity index (χ3v) is 4.03. The van der Waals surface area contributed by atoms with E-state index in [1.165, 1.54) is 0 Å². The zero-order chi connectivity index (χ0) is 13.2. The summed E-state index contributed by atoms with van der Waals surface area (Å²) in [6.07, 6.45) is 2.57. The molecular formula is C13H15Cl2NO2. The molecule has 0 unspecified atom stereocenters. The fourth-order valence-corrected chi connectivity index (χ4v) is 2.95. The van der Waals surface area contributed by atoms with Crippen LogP contribution in [0.5, 0.6) is 0 Å². The molecule has 2 N–H and O–H groups in total. The second kappa shape index (κ2) is 5.47. The maximum absolute atomic E-state index is 12.2. The van der Waals surface area contributed by atoms with Gasteiger partial charge in [-0.1, -0.05) is 35.7 Å². The van der Waals surface area contributed by atoms with Crippen molar-refractivity contribution in [1.29, 1.82) is 0 Å². The van der Waals surface area contributed by atoms with Crippen LogP contribution in [0.1, 0.15) is 24.8 Å². The predicted octanol–water partition coefficient (Wildman–Crippen LogP) is 2.52. The lowest BCUT2D eigenvalue weighted by Crippen LogP contribution is -2.50. The van der Waals surface area contributed by atoms with Crippen molar-refractivity contribution in [3.63, 3.8) is 0 Å². The number of aliphatic hydroxyl groups excluding tert-OH is 1. The van der Waals surface area contributed by atoms with Gasteiger partial charge < -0.3 is 10.4 Å². The number of rotatable bonds is 4. The molecule has 0 heterocycles. The SMILES string of the molecule is O=C(NCCO)C1(c2ccc(Cl)cc2Cl)CCC1. The molecule has 0 radical (unpaired) electrons. The molecule has 1 aromatic carbocycles. The minimum absolute atomic E-state index is 0.0594.